The monoisotopic (exact) mass is 348 g/mol. The lowest BCUT2D eigenvalue weighted by atomic mass is 9.88. The number of carbonyl (C=O) groups excluding carboxylic acids is 1. The molecule has 0 saturated carbocycles. The molecule has 24 heavy (non-hydrogen) atoms. The molecule has 1 aromatic rings. The van der Waals surface area contributed by atoms with Crippen molar-refractivity contribution >= 4 is 17.5 Å². The molecule has 2 bridgehead atoms. The van der Waals surface area contributed by atoms with E-state index in [2.05, 4.69) is 16.3 Å². The Labute approximate surface area is 148 Å². The Morgan fingerprint density at radius 3 is 2.83 bits per heavy atom. The van der Waals surface area contributed by atoms with Gasteiger partial charge in [0.15, 0.2) is 0 Å². The lowest BCUT2D eigenvalue weighted by Gasteiger charge is -2.29. The molecular formula is C19H25ClN2O2. The molecule has 3 heterocycles. The molecule has 1 aromatic carbocycles. The zero-order valence-electron chi connectivity index (χ0n) is 13.9. The molecule has 3 saturated heterocycles. The summed E-state index contributed by atoms with van der Waals surface area (Å²) in [5.74, 6) is 0.204. The Morgan fingerprint density at radius 1 is 1.33 bits per heavy atom. The number of nitrogens with zero attached hydrogens (tertiary/aromatic N) is 1. The van der Waals surface area contributed by atoms with E-state index < -0.39 is 0 Å². The number of likely N-dealkylation sites (tertiary alicyclic amines) is 1. The van der Waals surface area contributed by atoms with Gasteiger partial charge in [0.2, 0.25) is 5.91 Å². The molecule has 0 aromatic heterocycles. The van der Waals surface area contributed by atoms with Crippen LogP contribution in [0.1, 0.15) is 43.7 Å². The van der Waals surface area contributed by atoms with Crippen LogP contribution in [0.2, 0.25) is 5.02 Å². The first-order chi connectivity index (χ1) is 11.7. The van der Waals surface area contributed by atoms with Crippen molar-refractivity contribution in [2.75, 3.05) is 19.6 Å². The molecule has 1 amide bonds. The average Bonchev–Trinajstić information content (AvgIpc) is 3.33. The first-order valence-electron chi connectivity index (χ1n) is 9.13. The number of hydrogen-bond acceptors (Lipinski definition) is 3. The quantitative estimate of drug-likeness (QED) is 0.888. The van der Waals surface area contributed by atoms with Crippen LogP contribution in [0.5, 0.6) is 0 Å². The molecule has 4 nitrogen and oxygen atoms in total. The number of carbonyl (C=O) groups is 1. The summed E-state index contributed by atoms with van der Waals surface area (Å²) in [7, 11) is 0. The maximum atomic E-state index is 12.6. The van der Waals surface area contributed by atoms with Crippen molar-refractivity contribution in [3.05, 3.63) is 34.9 Å². The van der Waals surface area contributed by atoms with Crippen molar-refractivity contribution in [3.8, 4) is 0 Å². The highest BCUT2D eigenvalue weighted by atomic mass is 35.5. The minimum atomic E-state index is 0.0438. The van der Waals surface area contributed by atoms with E-state index in [-0.39, 0.29) is 24.0 Å². The van der Waals surface area contributed by atoms with Crippen molar-refractivity contribution < 1.29 is 9.53 Å². The Balaban J connectivity index is 1.43. The number of nitrogens with one attached hydrogen (secondary N) is 1. The normalized spacial score (nSPS) is 30.6. The number of fused-ring (bicyclic) bond motifs is 2. The number of hydrogen-bond donors (Lipinski definition) is 1. The van der Waals surface area contributed by atoms with Crippen LogP contribution < -0.4 is 5.32 Å². The van der Waals surface area contributed by atoms with E-state index in [1.165, 1.54) is 18.4 Å². The molecule has 4 rings (SSSR count). The Kier molecular flexibility index (Phi) is 4.79. The predicted molar refractivity (Wildman–Crippen MR) is 94.0 cm³/mol. The van der Waals surface area contributed by atoms with Crippen molar-refractivity contribution in [2.45, 2.75) is 50.4 Å². The first-order valence-corrected chi connectivity index (χ1v) is 9.51. The first kappa shape index (κ1) is 16.4. The van der Waals surface area contributed by atoms with Gasteiger partial charge >= 0.3 is 0 Å². The second-order valence-electron chi connectivity index (χ2n) is 7.28. The fraction of sp³-hybridized carbons (Fsp3) is 0.632. The van der Waals surface area contributed by atoms with E-state index in [1.54, 1.807) is 0 Å². The fourth-order valence-corrected chi connectivity index (χ4v) is 4.67. The van der Waals surface area contributed by atoms with Gasteiger partial charge in [-0.2, -0.15) is 0 Å². The van der Waals surface area contributed by atoms with Gasteiger partial charge in [0, 0.05) is 11.6 Å². The van der Waals surface area contributed by atoms with Crippen LogP contribution in [-0.2, 0) is 9.53 Å². The molecule has 0 radical (unpaired) electrons. The summed E-state index contributed by atoms with van der Waals surface area (Å²) in [5, 5.41) is 3.95. The van der Waals surface area contributed by atoms with Gasteiger partial charge in [0.25, 0.3) is 0 Å². The minimum Gasteiger partial charge on any atom is -0.374 e. The van der Waals surface area contributed by atoms with Crippen LogP contribution >= 0.6 is 11.6 Å². The maximum absolute atomic E-state index is 12.6. The Bertz CT molecular complexity index is 603. The highest BCUT2D eigenvalue weighted by Gasteiger charge is 2.44. The van der Waals surface area contributed by atoms with Gasteiger partial charge in [0.1, 0.15) is 0 Å². The summed E-state index contributed by atoms with van der Waals surface area (Å²) in [4.78, 5) is 15.1. The van der Waals surface area contributed by atoms with Gasteiger partial charge in [-0.3, -0.25) is 9.69 Å². The summed E-state index contributed by atoms with van der Waals surface area (Å²) >= 11 is 6.18. The average molecular weight is 349 g/mol. The molecule has 3 aliphatic rings. The predicted octanol–water partition coefficient (Wildman–Crippen LogP) is 3.16. The third-order valence-corrected chi connectivity index (χ3v) is 5.96. The highest BCUT2D eigenvalue weighted by Crippen LogP contribution is 2.39. The molecule has 4 atom stereocenters. The SMILES string of the molecule is O=C(NC[C@@H](c1cccc(Cl)c1)N1CCCC1)[C@@H]1C[C@@H]2CC[C@@H]1O2. The third kappa shape index (κ3) is 3.32. The molecule has 0 spiro atoms. The van der Waals surface area contributed by atoms with Crippen molar-refractivity contribution in [1.29, 1.82) is 0 Å². The van der Waals surface area contributed by atoms with Crippen LogP contribution in [0.25, 0.3) is 0 Å². The van der Waals surface area contributed by atoms with Crippen LogP contribution in [0.3, 0.4) is 0 Å². The molecule has 3 aliphatic heterocycles. The summed E-state index contributed by atoms with van der Waals surface area (Å²) in [6.07, 6.45) is 5.96. The molecule has 0 unspecified atom stereocenters. The second-order valence-corrected chi connectivity index (χ2v) is 7.71. The smallest absolute Gasteiger partial charge is 0.225 e. The third-order valence-electron chi connectivity index (χ3n) is 5.73. The lowest BCUT2D eigenvalue weighted by Crippen LogP contribution is -2.41. The van der Waals surface area contributed by atoms with Gasteiger partial charge < -0.3 is 10.1 Å². The zero-order valence-corrected chi connectivity index (χ0v) is 14.7. The van der Waals surface area contributed by atoms with Gasteiger partial charge in [-0.15, -0.1) is 0 Å². The summed E-state index contributed by atoms with van der Waals surface area (Å²) in [5.41, 5.74) is 1.19. The standard InChI is InChI=1S/C19H25ClN2O2/c20-14-5-3-4-13(10-14)17(22-8-1-2-9-22)12-21-19(23)16-11-15-6-7-18(16)24-15/h3-5,10,15-18H,1-2,6-9,11-12H2,(H,21,23)/t15-,16+,17-,18-/m0/s1. The largest absolute Gasteiger partial charge is 0.374 e. The van der Waals surface area contributed by atoms with Crippen LogP contribution in [0.4, 0.5) is 0 Å². The summed E-state index contributed by atoms with van der Waals surface area (Å²) in [6, 6.07) is 8.23. The molecule has 130 valence electrons. The van der Waals surface area contributed by atoms with Crippen molar-refractivity contribution in [1.82, 2.24) is 10.2 Å². The number of benzene rings is 1. The number of amides is 1. The molecule has 0 aliphatic carbocycles. The number of ether oxygens (including phenoxy) is 1. The molecule has 1 N–H and O–H groups in total. The number of rotatable bonds is 5. The second kappa shape index (κ2) is 7.03. The van der Waals surface area contributed by atoms with Crippen molar-refractivity contribution in [2.24, 2.45) is 5.92 Å². The van der Waals surface area contributed by atoms with Crippen molar-refractivity contribution in [3.63, 3.8) is 0 Å². The Morgan fingerprint density at radius 2 is 2.17 bits per heavy atom. The van der Waals surface area contributed by atoms with Gasteiger partial charge in [-0.25, -0.2) is 0 Å². The highest BCUT2D eigenvalue weighted by molar-refractivity contribution is 6.30. The van der Waals surface area contributed by atoms with E-state index in [4.69, 9.17) is 16.3 Å². The summed E-state index contributed by atoms with van der Waals surface area (Å²) < 4.78 is 5.82. The lowest BCUT2D eigenvalue weighted by molar-refractivity contribution is -0.126. The van der Waals surface area contributed by atoms with Gasteiger partial charge in [-0.05, 0) is 62.9 Å². The fourth-order valence-electron chi connectivity index (χ4n) is 4.47. The topological polar surface area (TPSA) is 41.6 Å². The van der Waals surface area contributed by atoms with Gasteiger partial charge in [-0.1, -0.05) is 23.7 Å². The zero-order chi connectivity index (χ0) is 16.5. The molecular weight excluding hydrogens is 324 g/mol. The van der Waals surface area contributed by atoms with E-state index in [0.717, 1.165) is 37.4 Å². The van der Waals surface area contributed by atoms with E-state index >= 15 is 0 Å². The van der Waals surface area contributed by atoms with E-state index in [1.807, 2.05) is 18.2 Å². The number of halogens is 1. The summed E-state index contributed by atoms with van der Waals surface area (Å²) in [6.45, 7) is 2.82. The molecule has 3 fully saturated rings. The molecule has 5 heteroatoms. The van der Waals surface area contributed by atoms with Crippen LogP contribution in [0.15, 0.2) is 24.3 Å². The Hall–Kier alpha value is -1.10. The minimum absolute atomic E-state index is 0.0438. The van der Waals surface area contributed by atoms with E-state index in [9.17, 15) is 4.79 Å². The van der Waals surface area contributed by atoms with Crippen LogP contribution in [-0.4, -0.2) is 42.6 Å². The van der Waals surface area contributed by atoms with E-state index in [0.29, 0.717) is 12.6 Å². The van der Waals surface area contributed by atoms with Gasteiger partial charge in [0.05, 0.1) is 24.2 Å². The van der Waals surface area contributed by atoms with Crippen LogP contribution in [0, 0.1) is 5.92 Å². The maximum Gasteiger partial charge on any atom is 0.225 e.